The normalized spacial score (nSPS) is 20.0. The standard InChI is InChI=1S/C19H20N4O2/c1-23-17-9-13(4-5-14(17)12-22-23)10-21-19(24)16-6-8-25-18(16)15-3-2-7-20-11-15/h2-5,7,9,11-12,16,18H,6,8,10H2,1H3,(H,21,24)/t16-,18+/m0/s1. The zero-order valence-electron chi connectivity index (χ0n) is 14.1. The van der Waals surface area contributed by atoms with Gasteiger partial charge in [0.25, 0.3) is 0 Å². The van der Waals surface area contributed by atoms with E-state index in [1.807, 2.05) is 42.2 Å². The third-order valence-electron chi connectivity index (χ3n) is 4.72. The van der Waals surface area contributed by atoms with Gasteiger partial charge in [-0.05, 0) is 29.7 Å². The van der Waals surface area contributed by atoms with E-state index in [0.717, 1.165) is 28.5 Å². The molecule has 1 fully saturated rings. The molecule has 1 N–H and O–H groups in total. The highest BCUT2D eigenvalue weighted by molar-refractivity contribution is 5.81. The quantitative estimate of drug-likeness (QED) is 0.794. The first kappa shape index (κ1) is 15.8. The average Bonchev–Trinajstić information content (AvgIpc) is 3.28. The summed E-state index contributed by atoms with van der Waals surface area (Å²) in [6.07, 6.45) is 5.85. The van der Waals surface area contributed by atoms with E-state index in [2.05, 4.69) is 21.5 Å². The smallest absolute Gasteiger partial charge is 0.226 e. The number of ether oxygens (including phenoxy) is 1. The summed E-state index contributed by atoms with van der Waals surface area (Å²) in [7, 11) is 1.92. The summed E-state index contributed by atoms with van der Waals surface area (Å²) in [5.74, 6) is -0.152. The molecule has 2 aromatic heterocycles. The van der Waals surface area contributed by atoms with Crippen molar-refractivity contribution >= 4 is 16.8 Å². The Morgan fingerprint density at radius 1 is 1.36 bits per heavy atom. The molecule has 2 atom stereocenters. The number of aromatic nitrogens is 3. The van der Waals surface area contributed by atoms with Crippen molar-refractivity contribution in [3.05, 3.63) is 60.0 Å². The molecule has 25 heavy (non-hydrogen) atoms. The minimum Gasteiger partial charge on any atom is -0.373 e. The van der Waals surface area contributed by atoms with Gasteiger partial charge in [0.05, 0.1) is 23.7 Å². The number of rotatable bonds is 4. The SMILES string of the molecule is Cn1ncc2ccc(CNC(=O)[C@H]3CCO[C@@H]3c3cccnc3)cc21. The Morgan fingerprint density at radius 2 is 2.28 bits per heavy atom. The number of amides is 1. The van der Waals surface area contributed by atoms with E-state index in [1.54, 1.807) is 12.4 Å². The van der Waals surface area contributed by atoms with Crippen molar-refractivity contribution in [3.8, 4) is 0 Å². The molecule has 6 nitrogen and oxygen atoms in total. The van der Waals surface area contributed by atoms with Crippen LogP contribution in [0.15, 0.2) is 48.9 Å². The van der Waals surface area contributed by atoms with Gasteiger partial charge in [-0.25, -0.2) is 0 Å². The Hall–Kier alpha value is -2.73. The zero-order valence-corrected chi connectivity index (χ0v) is 14.1. The van der Waals surface area contributed by atoms with Crippen LogP contribution in [-0.2, 0) is 23.1 Å². The summed E-state index contributed by atoms with van der Waals surface area (Å²) in [5.41, 5.74) is 3.07. The second-order valence-corrected chi connectivity index (χ2v) is 6.35. The summed E-state index contributed by atoms with van der Waals surface area (Å²) in [5, 5.41) is 8.39. The number of fused-ring (bicyclic) bond motifs is 1. The maximum atomic E-state index is 12.7. The largest absolute Gasteiger partial charge is 0.373 e. The second kappa shape index (κ2) is 6.64. The highest BCUT2D eigenvalue weighted by Crippen LogP contribution is 2.34. The summed E-state index contributed by atoms with van der Waals surface area (Å²) in [4.78, 5) is 16.8. The molecule has 0 radical (unpaired) electrons. The van der Waals surface area contributed by atoms with E-state index >= 15 is 0 Å². The van der Waals surface area contributed by atoms with E-state index in [-0.39, 0.29) is 17.9 Å². The van der Waals surface area contributed by atoms with Crippen molar-refractivity contribution < 1.29 is 9.53 Å². The third-order valence-corrected chi connectivity index (χ3v) is 4.72. The molecule has 1 amide bonds. The fourth-order valence-corrected chi connectivity index (χ4v) is 3.35. The highest BCUT2D eigenvalue weighted by Gasteiger charge is 2.35. The second-order valence-electron chi connectivity index (χ2n) is 6.35. The molecule has 0 aliphatic carbocycles. The van der Waals surface area contributed by atoms with Crippen LogP contribution in [0, 0.1) is 5.92 Å². The van der Waals surface area contributed by atoms with E-state index in [9.17, 15) is 4.79 Å². The van der Waals surface area contributed by atoms with E-state index in [4.69, 9.17) is 4.74 Å². The fourth-order valence-electron chi connectivity index (χ4n) is 3.35. The summed E-state index contributed by atoms with van der Waals surface area (Å²) < 4.78 is 7.61. The Balaban J connectivity index is 1.45. The van der Waals surface area contributed by atoms with Crippen LogP contribution in [0.4, 0.5) is 0 Å². The molecule has 6 heteroatoms. The van der Waals surface area contributed by atoms with Crippen LogP contribution < -0.4 is 5.32 Å². The fraction of sp³-hybridized carbons (Fsp3) is 0.316. The van der Waals surface area contributed by atoms with Gasteiger partial charge in [0.1, 0.15) is 0 Å². The van der Waals surface area contributed by atoms with Gasteiger partial charge in [0, 0.05) is 38.0 Å². The predicted molar refractivity (Wildman–Crippen MR) is 93.6 cm³/mol. The molecule has 1 saturated heterocycles. The van der Waals surface area contributed by atoms with Crippen molar-refractivity contribution in [2.45, 2.75) is 19.1 Å². The van der Waals surface area contributed by atoms with E-state index < -0.39 is 0 Å². The molecule has 128 valence electrons. The van der Waals surface area contributed by atoms with Crippen LogP contribution >= 0.6 is 0 Å². The van der Waals surface area contributed by atoms with Crippen molar-refractivity contribution in [2.24, 2.45) is 13.0 Å². The first-order valence-corrected chi connectivity index (χ1v) is 8.42. The van der Waals surface area contributed by atoms with E-state index in [0.29, 0.717) is 13.2 Å². The number of hydrogen-bond donors (Lipinski definition) is 1. The molecule has 0 spiro atoms. The lowest BCUT2D eigenvalue weighted by Crippen LogP contribution is -2.32. The van der Waals surface area contributed by atoms with Crippen LogP contribution in [-0.4, -0.2) is 27.3 Å². The molecule has 1 aromatic carbocycles. The van der Waals surface area contributed by atoms with Crippen molar-refractivity contribution in [1.82, 2.24) is 20.1 Å². The predicted octanol–water partition coefficient (Wildman–Crippen LogP) is 2.36. The van der Waals surface area contributed by atoms with Gasteiger partial charge in [-0.15, -0.1) is 0 Å². The van der Waals surface area contributed by atoms with Gasteiger partial charge in [-0.3, -0.25) is 14.5 Å². The topological polar surface area (TPSA) is 69.0 Å². The first-order valence-electron chi connectivity index (χ1n) is 8.42. The molecular weight excluding hydrogens is 316 g/mol. The van der Waals surface area contributed by atoms with Crippen LogP contribution in [0.5, 0.6) is 0 Å². The van der Waals surface area contributed by atoms with Gasteiger partial charge in [0.2, 0.25) is 5.91 Å². The Kier molecular flexibility index (Phi) is 4.19. The molecule has 1 aliphatic heterocycles. The van der Waals surface area contributed by atoms with E-state index in [1.165, 1.54) is 0 Å². The minimum atomic E-state index is -0.215. The molecule has 4 rings (SSSR count). The Labute approximate surface area is 145 Å². The number of nitrogens with one attached hydrogen (secondary N) is 1. The van der Waals surface area contributed by atoms with Gasteiger partial charge in [-0.1, -0.05) is 18.2 Å². The van der Waals surface area contributed by atoms with Crippen molar-refractivity contribution in [3.63, 3.8) is 0 Å². The van der Waals surface area contributed by atoms with Gasteiger partial charge in [-0.2, -0.15) is 5.10 Å². The van der Waals surface area contributed by atoms with Crippen LogP contribution in [0.2, 0.25) is 0 Å². The minimum absolute atomic E-state index is 0.0245. The van der Waals surface area contributed by atoms with Gasteiger partial charge >= 0.3 is 0 Å². The molecule has 3 heterocycles. The number of hydrogen-bond acceptors (Lipinski definition) is 4. The number of pyridine rings is 1. The Morgan fingerprint density at radius 3 is 3.12 bits per heavy atom. The third kappa shape index (κ3) is 3.13. The van der Waals surface area contributed by atoms with Gasteiger partial charge in [0.15, 0.2) is 0 Å². The number of carbonyl (C=O) groups is 1. The molecule has 0 bridgehead atoms. The Bertz CT molecular complexity index is 891. The summed E-state index contributed by atoms with van der Waals surface area (Å²) >= 11 is 0. The molecular formula is C19H20N4O2. The van der Waals surface area contributed by atoms with Crippen LogP contribution in [0.25, 0.3) is 10.9 Å². The maximum absolute atomic E-state index is 12.7. The molecule has 3 aromatic rings. The summed E-state index contributed by atoms with van der Waals surface area (Å²) in [6, 6.07) is 9.94. The monoisotopic (exact) mass is 336 g/mol. The number of benzene rings is 1. The molecule has 0 unspecified atom stereocenters. The lowest BCUT2D eigenvalue weighted by molar-refractivity contribution is -0.126. The van der Waals surface area contributed by atoms with Gasteiger partial charge < -0.3 is 10.1 Å². The average molecular weight is 336 g/mol. The van der Waals surface area contributed by atoms with Crippen molar-refractivity contribution in [2.75, 3.05) is 6.61 Å². The lowest BCUT2D eigenvalue weighted by Gasteiger charge is -2.18. The number of nitrogens with zero attached hydrogens (tertiary/aromatic N) is 3. The molecule has 0 saturated carbocycles. The number of carbonyl (C=O) groups excluding carboxylic acids is 1. The van der Waals surface area contributed by atoms with Crippen LogP contribution in [0.3, 0.4) is 0 Å². The lowest BCUT2D eigenvalue weighted by atomic mass is 9.95. The number of aryl methyl sites for hydroxylation is 1. The van der Waals surface area contributed by atoms with Crippen molar-refractivity contribution in [1.29, 1.82) is 0 Å². The molecule has 1 aliphatic rings. The van der Waals surface area contributed by atoms with Crippen LogP contribution in [0.1, 0.15) is 23.7 Å². The zero-order chi connectivity index (χ0) is 17.2. The first-order chi connectivity index (χ1) is 12.2. The summed E-state index contributed by atoms with van der Waals surface area (Å²) in [6.45, 7) is 1.09. The highest BCUT2D eigenvalue weighted by atomic mass is 16.5. The maximum Gasteiger partial charge on any atom is 0.226 e.